The molecule has 0 bridgehead atoms. The maximum Gasteiger partial charge on any atom is 0.250 e. The van der Waals surface area contributed by atoms with Crippen LogP contribution in [0.1, 0.15) is 13.8 Å². The van der Waals surface area contributed by atoms with E-state index in [1.165, 1.54) is 4.90 Å². The van der Waals surface area contributed by atoms with E-state index in [1.807, 2.05) is 13.8 Å². The van der Waals surface area contributed by atoms with Gasteiger partial charge in [0.15, 0.2) is 0 Å². The minimum Gasteiger partial charge on any atom is -0.342 e. The maximum absolute atomic E-state index is 12.6. The number of hydrogen-bond acceptors (Lipinski definition) is 5. The fourth-order valence-corrected chi connectivity index (χ4v) is 3.17. The summed E-state index contributed by atoms with van der Waals surface area (Å²) in [7, 11) is 0. The summed E-state index contributed by atoms with van der Waals surface area (Å²) in [5, 5.41) is 3.11. The number of nitrogens with zero attached hydrogens (tertiary/aromatic N) is 3. The van der Waals surface area contributed by atoms with Crippen molar-refractivity contribution >= 4 is 51.9 Å². The van der Waals surface area contributed by atoms with Crippen molar-refractivity contribution in [3.8, 4) is 0 Å². The molecule has 1 aromatic heterocycles. The highest BCUT2D eigenvalue weighted by atomic mass is 35.5. The zero-order valence-electron chi connectivity index (χ0n) is 11.5. The number of hydrogen-bond donors (Lipinski definition) is 1. The van der Waals surface area contributed by atoms with Crippen LogP contribution in [0.5, 0.6) is 0 Å². The van der Waals surface area contributed by atoms with Gasteiger partial charge in [0.25, 0.3) is 0 Å². The molecule has 110 valence electrons. The van der Waals surface area contributed by atoms with E-state index >= 15 is 0 Å². The van der Waals surface area contributed by atoms with Crippen LogP contribution in [0.15, 0.2) is 12.1 Å². The van der Waals surface area contributed by atoms with E-state index in [2.05, 4.69) is 14.1 Å². The molecule has 0 radical (unpaired) electrons. The Balaban J connectivity index is 2.12. The lowest BCUT2D eigenvalue weighted by Gasteiger charge is -2.34. The molecule has 1 saturated heterocycles. The number of piperazine rings is 1. The lowest BCUT2D eigenvalue weighted by atomic mass is 10.00. The van der Waals surface area contributed by atoms with Gasteiger partial charge in [0.05, 0.1) is 22.4 Å². The van der Waals surface area contributed by atoms with Gasteiger partial charge in [0.1, 0.15) is 23.6 Å². The summed E-state index contributed by atoms with van der Waals surface area (Å²) in [5.41, 5.74) is 1.69. The van der Waals surface area contributed by atoms with Crippen LogP contribution in [0.3, 0.4) is 0 Å². The second-order valence-corrected chi connectivity index (χ2v) is 6.18. The SMILES string of the molecule is CC(C)C1NC(=O)CN(c2c(Cl)ccc3nsnc23)C1=O. The van der Waals surface area contributed by atoms with Gasteiger partial charge in [-0.2, -0.15) is 8.75 Å². The lowest BCUT2D eigenvalue weighted by Crippen LogP contribution is -2.60. The Morgan fingerprint density at radius 2 is 2.14 bits per heavy atom. The Bertz CT molecular complexity index is 730. The van der Waals surface area contributed by atoms with Crippen LogP contribution in [-0.2, 0) is 9.59 Å². The van der Waals surface area contributed by atoms with Gasteiger partial charge < -0.3 is 5.32 Å². The van der Waals surface area contributed by atoms with Crippen molar-refractivity contribution in [2.24, 2.45) is 5.92 Å². The van der Waals surface area contributed by atoms with Crippen LogP contribution in [0.2, 0.25) is 5.02 Å². The standard InChI is InChI=1S/C13H13ClN4O2S/c1-6(2)10-13(20)18(5-9(19)15-10)12-7(14)3-4-8-11(12)17-21-16-8/h3-4,6,10H,5H2,1-2H3,(H,15,19). The smallest absolute Gasteiger partial charge is 0.250 e. The zero-order chi connectivity index (χ0) is 15.1. The zero-order valence-corrected chi connectivity index (χ0v) is 13.0. The fraction of sp³-hybridized carbons (Fsp3) is 0.385. The Morgan fingerprint density at radius 3 is 2.86 bits per heavy atom. The number of carbonyl (C=O) groups is 2. The summed E-state index contributed by atoms with van der Waals surface area (Å²) >= 11 is 7.30. The summed E-state index contributed by atoms with van der Waals surface area (Å²) in [4.78, 5) is 26.0. The number of anilines is 1. The number of carbonyl (C=O) groups excluding carboxylic acids is 2. The summed E-state index contributed by atoms with van der Waals surface area (Å²) in [5.74, 6) is -0.382. The van der Waals surface area contributed by atoms with Gasteiger partial charge in [0.2, 0.25) is 11.8 Å². The van der Waals surface area contributed by atoms with Crippen LogP contribution in [0, 0.1) is 5.92 Å². The molecule has 1 unspecified atom stereocenters. The Kier molecular flexibility index (Phi) is 3.54. The van der Waals surface area contributed by atoms with Gasteiger partial charge in [-0.3, -0.25) is 14.5 Å². The number of aromatic nitrogens is 2. The molecule has 8 heteroatoms. The molecule has 0 spiro atoms. The first kappa shape index (κ1) is 14.2. The molecule has 1 atom stereocenters. The highest BCUT2D eigenvalue weighted by Crippen LogP contribution is 2.34. The first-order valence-electron chi connectivity index (χ1n) is 6.50. The van der Waals surface area contributed by atoms with Crippen LogP contribution in [-0.4, -0.2) is 33.1 Å². The molecule has 1 aromatic carbocycles. The predicted molar refractivity (Wildman–Crippen MR) is 81.5 cm³/mol. The van der Waals surface area contributed by atoms with Crippen molar-refractivity contribution in [2.75, 3.05) is 11.4 Å². The van der Waals surface area contributed by atoms with E-state index in [1.54, 1.807) is 12.1 Å². The summed E-state index contributed by atoms with van der Waals surface area (Å²) in [6.45, 7) is 3.72. The number of fused-ring (bicyclic) bond motifs is 1. The molecule has 0 aliphatic carbocycles. The van der Waals surface area contributed by atoms with Crippen molar-refractivity contribution in [1.29, 1.82) is 0 Å². The lowest BCUT2D eigenvalue weighted by molar-refractivity contribution is -0.132. The monoisotopic (exact) mass is 324 g/mol. The average molecular weight is 325 g/mol. The van der Waals surface area contributed by atoms with Crippen molar-refractivity contribution in [2.45, 2.75) is 19.9 Å². The van der Waals surface area contributed by atoms with Gasteiger partial charge in [-0.15, -0.1) is 0 Å². The largest absolute Gasteiger partial charge is 0.342 e. The Morgan fingerprint density at radius 1 is 1.38 bits per heavy atom. The minimum atomic E-state index is -0.552. The average Bonchev–Trinajstić information content (AvgIpc) is 2.89. The van der Waals surface area contributed by atoms with Gasteiger partial charge in [0, 0.05) is 0 Å². The van der Waals surface area contributed by atoms with Crippen molar-refractivity contribution < 1.29 is 9.59 Å². The molecular formula is C13H13ClN4O2S. The van der Waals surface area contributed by atoms with E-state index in [9.17, 15) is 9.59 Å². The highest BCUT2D eigenvalue weighted by molar-refractivity contribution is 7.00. The van der Waals surface area contributed by atoms with E-state index < -0.39 is 6.04 Å². The van der Waals surface area contributed by atoms with Crippen LogP contribution in [0.4, 0.5) is 5.69 Å². The Labute approximate surface area is 130 Å². The molecule has 6 nitrogen and oxygen atoms in total. The Hall–Kier alpha value is -1.73. The van der Waals surface area contributed by atoms with Gasteiger partial charge >= 0.3 is 0 Å². The van der Waals surface area contributed by atoms with Gasteiger partial charge in [-0.1, -0.05) is 25.4 Å². The predicted octanol–water partition coefficient (Wildman–Crippen LogP) is 1.83. The van der Waals surface area contributed by atoms with E-state index in [-0.39, 0.29) is 24.3 Å². The molecule has 3 rings (SSSR count). The molecule has 1 aliphatic heterocycles. The molecule has 1 fully saturated rings. The van der Waals surface area contributed by atoms with Gasteiger partial charge in [-0.25, -0.2) is 0 Å². The van der Waals surface area contributed by atoms with Crippen LogP contribution >= 0.6 is 23.3 Å². The third kappa shape index (κ3) is 2.36. The molecule has 2 aromatic rings. The van der Waals surface area contributed by atoms with E-state index in [0.717, 1.165) is 11.7 Å². The number of benzene rings is 1. The highest BCUT2D eigenvalue weighted by Gasteiger charge is 2.37. The third-order valence-electron chi connectivity index (χ3n) is 3.44. The van der Waals surface area contributed by atoms with Crippen molar-refractivity contribution in [3.63, 3.8) is 0 Å². The van der Waals surface area contributed by atoms with E-state index in [4.69, 9.17) is 11.6 Å². The number of nitrogens with one attached hydrogen (secondary N) is 1. The molecule has 1 N–H and O–H groups in total. The normalized spacial score (nSPS) is 19.4. The van der Waals surface area contributed by atoms with Gasteiger partial charge in [-0.05, 0) is 18.1 Å². The first-order chi connectivity index (χ1) is 9.99. The van der Waals surface area contributed by atoms with E-state index in [0.29, 0.717) is 21.7 Å². The maximum atomic E-state index is 12.6. The summed E-state index contributed by atoms with van der Waals surface area (Å²) in [6, 6.07) is 2.87. The number of rotatable bonds is 2. The summed E-state index contributed by atoms with van der Waals surface area (Å²) < 4.78 is 8.35. The van der Waals surface area contributed by atoms with Crippen molar-refractivity contribution in [3.05, 3.63) is 17.2 Å². The number of halogens is 1. The van der Waals surface area contributed by atoms with Crippen molar-refractivity contribution in [1.82, 2.24) is 14.1 Å². The molecular weight excluding hydrogens is 312 g/mol. The molecule has 1 aliphatic rings. The third-order valence-corrected chi connectivity index (χ3v) is 4.29. The van der Waals surface area contributed by atoms with Crippen LogP contribution in [0.25, 0.3) is 11.0 Å². The second kappa shape index (κ2) is 5.23. The fourth-order valence-electron chi connectivity index (χ4n) is 2.38. The quantitative estimate of drug-likeness (QED) is 0.914. The number of amides is 2. The molecule has 2 heterocycles. The molecule has 0 saturated carbocycles. The topological polar surface area (TPSA) is 75.2 Å². The second-order valence-electron chi connectivity index (χ2n) is 5.24. The minimum absolute atomic E-state index is 0.00390. The summed E-state index contributed by atoms with van der Waals surface area (Å²) in [6.07, 6.45) is 0. The van der Waals surface area contributed by atoms with Crippen LogP contribution < -0.4 is 10.2 Å². The molecule has 21 heavy (non-hydrogen) atoms. The molecule has 2 amide bonds. The first-order valence-corrected chi connectivity index (χ1v) is 7.61.